The summed E-state index contributed by atoms with van der Waals surface area (Å²) in [5.41, 5.74) is 1.43. The maximum absolute atomic E-state index is 12.1. The van der Waals surface area contributed by atoms with Gasteiger partial charge in [0.1, 0.15) is 0 Å². The van der Waals surface area contributed by atoms with Crippen LogP contribution < -0.4 is 15.9 Å². The topological polar surface area (TPSA) is 115 Å². The molecule has 0 radical (unpaired) electrons. The zero-order chi connectivity index (χ0) is 16.3. The van der Waals surface area contributed by atoms with Crippen molar-refractivity contribution in [2.45, 2.75) is 19.9 Å². The molecule has 22 heavy (non-hydrogen) atoms. The van der Waals surface area contributed by atoms with E-state index in [9.17, 15) is 14.8 Å². The standard InChI is InChI=1S/C14H17N3O5/c1-3-22-13(18)11-8(2)15-14(19)16-12(11)9-4-6-10(7-5-9)17(20)21/h4-7,12,17,20H,3H2,1-2H3,(H2,15,16,19)/t12-/m1/s1. The van der Waals surface area contributed by atoms with Gasteiger partial charge in [-0.1, -0.05) is 12.1 Å². The Labute approximate surface area is 126 Å². The van der Waals surface area contributed by atoms with Gasteiger partial charge in [0.15, 0.2) is 5.69 Å². The summed E-state index contributed by atoms with van der Waals surface area (Å²) in [7, 11) is 0. The van der Waals surface area contributed by atoms with Crippen LogP contribution in [-0.2, 0) is 9.53 Å². The number of carbonyl (C=O) groups is 2. The number of allylic oxidation sites excluding steroid dienone is 1. The smallest absolute Gasteiger partial charge is 0.338 e. The van der Waals surface area contributed by atoms with Gasteiger partial charge in [0.05, 0.1) is 18.2 Å². The van der Waals surface area contributed by atoms with Gasteiger partial charge in [0, 0.05) is 17.8 Å². The van der Waals surface area contributed by atoms with Crippen molar-refractivity contribution in [1.29, 1.82) is 0 Å². The lowest BCUT2D eigenvalue weighted by Crippen LogP contribution is -2.99. The molecular weight excluding hydrogens is 290 g/mol. The van der Waals surface area contributed by atoms with Gasteiger partial charge in [-0.05, 0) is 19.4 Å². The van der Waals surface area contributed by atoms with Crippen molar-refractivity contribution in [1.82, 2.24) is 10.6 Å². The van der Waals surface area contributed by atoms with E-state index < -0.39 is 23.3 Å². The summed E-state index contributed by atoms with van der Waals surface area (Å²) in [6.45, 7) is 3.52. The fourth-order valence-corrected chi connectivity index (χ4v) is 2.24. The highest BCUT2D eigenvalue weighted by Crippen LogP contribution is 2.27. The third-order valence-corrected chi connectivity index (χ3v) is 3.26. The predicted octanol–water partition coefficient (Wildman–Crippen LogP) is 0.281. The minimum atomic E-state index is -1.04. The Hall–Kier alpha value is -2.42. The van der Waals surface area contributed by atoms with Crippen molar-refractivity contribution in [2.75, 3.05) is 6.61 Å². The number of hydrogen-bond acceptors (Lipinski definition) is 5. The average Bonchev–Trinajstić information content (AvgIpc) is 2.46. The zero-order valence-corrected chi connectivity index (χ0v) is 12.2. The van der Waals surface area contributed by atoms with Gasteiger partial charge in [-0.2, -0.15) is 5.23 Å². The van der Waals surface area contributed by atoms with Crippen LogP contribution >= 0.6 is 0 Å². The largest absolute Gasteiger partial charge is 0.595 e. The molecule has 0 saturated heterocycles. The molecule has 0 spiro atoms. The fourth-order valence-electron chi connectivity index (χ4n) is 2.24. The Morgan fingerprint density at radius 1 is 1.41 bits per heavy atom. The molecular formula is C14H17N3O5. The molecule has 4 N–H and O–H groups in total. The van der Waals surface area contributed by atoms with Gasteiger partial charge in [-0.15, -0.1) is 0 Å². The summed E-state index contributed by atoms with van der Waals surface area (Å²) < 4.78 is 5.02. The minimum absolute atomic E-state index is 0.127. The summed E-state index contributed by atoms with van der Waals surface area (Å²) >= 11 is 0. The van der Waals surface area contributed by atoms with Crippen LogP contribution in [0.4, 0.5) is 10.5 Å². The lowest BCUT2D eigenvalue weighted by atomic mass is 9.95. The number of esters is 1. The molecule has 1 aliphatic rings. The molecule has 0 saturated carbocycles. The number of nitrogens with one attached hydrogen (secondary N) is 3. The summed E-state index contributed by atoms with van der Waals surface area (Å²) in [6.07, 6.45) is 0. The highest BCUT2D eigenvalue weighted by atomic mass is 16.8. The van der Waals surface area contributed by atoms with Crippen LogP contribution in [0.1, 0.15) is 25.5 Å². The van der Waals surface area contributed by atoms with E-state index in [0.29, 0.717) is 16.8 Å². The first-order valence-corrected chi connectivity index (χ1v) is 6.72. The van der Waals surface area contributed by atoms with Gasteiger partial charge in [0.25, 0.3) is 0 Å². The quantitative estimate of drug-likeness (QED) is 0.471. The Morgan fingerprint density at radius 2 is 2.05 bits per heavy atom. The SMILES string of the molecule is CCOC(=O)C1=C(C)NC(=O)N[C@@H]1c1ccc([NH+]([O-])O)cc1. The molecule has 2 rings (SSSR count). The zero-order valence-electron chi connectivity index (χ0n) is 12.2. The van der Waals surface area contributed by atoms with E-state index >= 15 is 0 Å². The van der Waals surface area contributed by atoms with Crippen LogP contribution in [0.15, 0.2) is 35.5 Å². The van der Waals surface area contributed by atoms with Gasteiger partial charge in [-0.25, -0.2) is 14.8 Å². The first kappa shape index (κ1) is 16.0. The normalized spacial score (nSPS) is 19.3. The van der Waals surface area contributed by atoms with Gasteiger partial charge in [0.2, 0.25) is 0 Å². The number of urea groups is 1. The van der Waals surface area contributed by atoms with Gasteiger partial charge >= 0.3 is 12.0 Å². The van der Waals surface area contributed by atoms with E-state index in [4.69, 9.17) is 9.94 Å². The first-order valence-electron chi connectivity index (χ1n) is 6.72. The minimum Gasteiger partial charge on any atom is -0.595 e. The van der Waals surface area contributed by atoms with Crippen LogP contribution in [0.25, 0.3) is 0 Å². The second-order valence-electron chi connectivity index (χ2n) is 4.72. The van der Waals surface area contributed by atoms with Crippen molar-refractivity contribution in [3.63, 3.8) is 0 Å². The number of ether oxygens (including phenoxy) is 1. The number of quaternary nitrogens is 1. The van der Waals surface area contributed by atoms with E-state index in [1.807, 2.05) is 0 Å². The third-order valence-electron chi connectivity index (χ3n) is 3.26. The maximum Gasteiger partial charge on any atom is 0.338 e. The predicted molar refractivity (Wildman–Crippen MR) is 76.0 cm³/mol. The molecule has 8 heteroatoms. The van der Waals surface area contributed by atoms with E-state index in [1.165, 1.54) is 12.1 Å². The number of hydrogen-bond donors (Lipinski definition) is 4. The average molecular weight is 307 g/mol. The Balaban J connectivity index is 2.38. The van der Waals surface area contributed by atoms with E-state index in [2.05, 4.69) is 10.6 Å². The van der Waals surface area contributed by atoms with E-state index in [1.54, 1.807) is 26.0 Å². The molecule has 2 atom stereocenters. The second-order valence-corrected chi connectivity index (χ2v) is 4.72. The van der Waals surface area contributed by atoms with Crippen LogP contribution in [0, 0.1) is 5.21 Å². The first-order chi connectivity index (χ1) is 10.4. The number of rotatable bonds is 4. The van der Waals surface area contributed by atoms with Crippen molar-refractivity contribution in [3.8, 4) is 0 Å². The number of benzene rings is 1. The molecule has 1 heterocycles. The second kappa shape index (κ2) is 6.56. The molecule has 0 bridgehead atoms. The molecule has 0 aliphatic carbocycles. The number of carbonyl (C=O) groups excluding carboxylic acids is 2. The molecule has 1 aromatic rings. The Morgan fingerprint density at radius 3 is 2.59 bits per heavy atom. The molecule has 0 aromatic heterocycles. The van der Waals surface area contributed by atoms with Crippen molar-refractivity contribution in [2.24, 2.45) is 0 Å². The van der Waals surface area contributed by atoms with E-state index in [0.717, 1.165) is 0 Å². The fraction of sp³-hybridized carbons (Fsp3) is 0.286. The van der Waals surface area contributed by atoms with Crippen molar-refractivity contribution >= 4 is 17.7 Å². The molecule has 1 unspecified atom stereocenters. The lowest BCUT2D eigenvalue weighted by molar-refractivity contribution is -0.991. The van der Waals surface area contributed by atoms with Crippen molar-refractivity contribution < 1.29 is 24.8 Å². The highest BCUT2D eigenvalue weighted by Gasteiger charge is 2.32. The summed E-state index contributed by atoms with van der Waals surface area (Å²) in [4.78, 5) is 23.8. The Bertz CT molecular complexity index is 609. The third kappa shape index (κ3) is 3.25. The molecule has 0 fully saturated rings. The lowest BCUT2D eigenvalue weighted by Gasteiger charge is -2.28. The van der Waals surface area contributed by atoms with E-state index in [-0.39, 0.29) is 12.3 Å². The number of amides is 2. The monoisotopic (exact) mass is 307 g/mol. The summed E-state index contributed by atoms with van der Waals surface area (Å²) in [5.74, 6) is -0.528. The molecule has 1 aliphatic heterocycles. The Kier molecular flexibility index (Phi) is 4.76. The summed E-state index contributed by atoms with van der Waals surface area (Å²) in [6, 6.07) is 4.85. The van der Waals surface area contributed by atoms with Gasteiger partial charge < -0.3 is 20.6 Å². The van der Waals surface area contributed by atoms with Crippen LogP contribution in [-0.4, -0.2) is 23.8 Å². The van der Waals surface area contributed by atoms with Crippen LogP contribution in [0.5, 0.6) is 0 Å². The maximum atomic E-state index is 12.1. The molecule has 118 valence electrons. The van der Waals surface area contributed by atoms with Crippen LogP contribution in [0.3, 0.4) is 0 Å². The molecule has 1 aromatic carbocycles. The van der Waals surface area contributed by atoms with Crippen molar-refractivity contribution in [3.05, 3.63) is 46.3 Å². The molecule has 2 amide bonds. The summed E-state index contributed by atoms with van der Waals surface area (Å²) in [5, 5.41) is 23.9. The van der Waals surface area contributed by atoms with Gasteiger partial charge in [-0.3, -0.25) is 0 Å². The van der Waals surface area contributed by atoms with Crippen LogP contribution in [0.2, 0.25) is 0 Å². The molecule has 8 nitrogen and oxygen atoms in total. The highest BCUT2D eigenvalue weighted by molar-refractivity contribution is 5.95.